The average molecular weight is 521 g/mol. The third-order valence-corrected chi connectivity index (χ3v) is 7.94. The molecule has 2 aliphatic rings. The number of rotatable bonds is 10. The SMILES string of the molecule is Cn1ncc(-c2nc(N[C@H]3CC[C@@H](N(Cc4cn[nH]c4)Cc4cn[nH]c4)CC3)ncc2Cl)c1CC1CC1. The van der Waals surface area contributed by atoms with Gasteiger partial charge in [-0.3, -0.25) is 19.8 Å². The zero-order valence-corrected chi connectivity index (χ0v) is 21.8. The topological polar surface area (TPSA) is 116 Å². The summed E-state index contributed by atoms with van der Waals surface area (Å²) in [5.74, 6) is 1.39. The second-order valence-corrected chi connectivity index (χ2v) is 10.8. The number of nitrogens with one attached hydrogen (secondary N) is 3. The lowest BCUT2D eigenvalue weighted by Gasteiger charge is -2.37. The highest BCUT2D eigenvalue weighted by Crippen LogP contribution is 2.37. The van der Waals surface area contributed by atoms with E-state index < -0.39 is 0 Å². The lowest BCUT2D eigenvalue weighted by molar-refractivity contribution is 0.136. The molecule has 4 aromatic heterocycles. The third kappa shape index (κ3) is 5.70. The highest BCUT2D eigenvalue weighted by atomic mass is 35.5. The molecule has 0 amide bonds. The molecule has 2 aliphatic carbocycles. The predicted molar refractivity (Wildman–Crippen MR) is 142 cm³/mol. The monoisotopic (exact) mass is 520 g/mol. The maximum atomic E-state index is 6.57. The van der Waals surface area contributed by atoms with Crippen LogP contribution in [0, 0.1) is 5.92 Å². The van der Waals surface area contributed by atoms with Gasteiger partial charge in [0.1, 0.15) is 0 Å². The molecule has 0 unspecified atom stereocenters. The minimum atomic E-state index is 0.329. The van der Waals surface area contributed by atoms with Crippen LogP contribution in [0.25, 0.3) is 11.3 Å². The van der Waals surface area contributed by atoms with Gasteiger partial charge in [-0.15, -0.1) is 0 Å². The van der Waals surface area contributed by atoms with Crippen LogP contribution in [0.4, 0.5) is 5.95 Å². The van der Waals surface area contributed by atoms with Crippen LogP contribution >= 0.6 is 11.6 Å². The smallest absolute Gasteiger partial charge is 0.223 e. The van der Waals surface area contributed by atoms with Crippen molar-refractivity contribution in [3.8, 4) is 11.3 Å². The Balaban J connectivity index is 1.11. The van der Waals surface area contributed by atoms with Crippen LogP contribution in [0.5, 0.6) is 0 Å². The number of aryl methyl sites for hydroxylation is 1. The Kier molecular flexibility index (Phi) is 6.93. The highest BCUT2D eigenvalue weighted by Gasteiger charge is 2.28. The van der Waals surface area contributed by atoms with Gasteiger partial charge in [0, 0.05) is 67.0 Å². The molecule has 0 saturated heterocycles. The Morgan fingerprint density at radius 2 is 1.68 bits per heavy atom. The maximum Gasteiger partial charge on any atom is 0.223 e. The van der Waals surface area contributed by atoms with E-state index in [4.69, 9.17) is 16.6 Å². The Bertz CT molecular complexity index is 1250. The molecular formula is C26H33ClN10. The van der Waals surface area contributed by atoms with E-state index in [0.717, 1.165) is 62.4 Å². The first-order valence-electron chi connectivity index (χ1n) is 13.1. The fourth-order valence-electron chi connectivity index (χ4n) is 5.40. The summed E-state index contributed by atoms with van der Waals surface area (Å²) in [6.45, 7) is 1.73. The number of hydrogen-bond acceptors (Lipinski definition) is 7. The standard InChI is InChI=1S/C26H33ClN10/c1-36-24(8-17-2-3-17)22(13-33-36)25-23(27)14-28-26(35-25)34-20-4-6-21(7-5-20)37(15-18-9-29-30-10-18)16-19-11-31-32-12-19/h9-14,17,20-21H,2-8,15-16H2,1H3,(H,29,30)(H,31,32)(H,28,34,35)/t20-,21+. The van der Waals surface area contributed by atoms with Gasteiger partial charge in [-0.05, 0) is 50.9 Å². The molecule has 0 aromatic carbocycles. The molecule has 0 bridgehead atoms. The Morgan fingerprint density at radius 3 is 2.30 bits per heavy atom. The summed E-state index contributed by atoms with van der Waals surface area (Å²) in [5.41, 5.74) is 5.38. The van der Waals surface area contributed by atoms with Crippen LogP contribution in [0.3, 0.4) is 0 Å². The molecule has 4 heterocycles. The number of halogens is 1. The third-order valence-electron chi connectivity index (χ3n) is 7.67. The van der Waals surface area contributed by atoms with E-state index in [1.807, 2.05) is 42.7 Å². The summed E-state index contributed by atoms with van der Waals surface area (Å²) < 4.78 is 1.96. The minimum absolute atomic E-state index is 0.329. The Labute approximate surface area is 221 Å². The van der Waals surface area contributed by atoms with Crippen molar-refractivity contribution >= 4 is 17.5 Å². The summed E-state index contributed by atoms with van der Waals surface area (Å²) in [6.07, 6.45) is 19.3. The Hall–Kier alpha value is -3.24. The second-order valence-electron chi connectivity index (χ2n) is 10.4. The van der Waals surface area contributed by atoms with Crippen molar-refractivity contribution in [2.45, 2.75) is 70.1 Å². The molecule has 10 nitrogen and oxygen atoms in total. The van der Waals surface area contributed by atoms with Crippen LogP contribution in [-0.4, -0.2) is 57.1 Å². The van der Waals surface area contributed by atoms with Crippen molar-refractivity contribution in [1.29, 1.82) is 0 Å². The minimum Gasteiger partial charge on any atom is -0.351 e. The molecule has 11 heteroatoms. The lowest BCUT2D eigenvalue weighted by atomic mass is 9.89. The average Bonchev–Trinajstić information content (AvgIpc) is 3.24. The Morgan fingerprint density at radius 1 is 0.973 bits per heavy atom. The van der Waals surface area contributed by atoms with E-state index in [-0.39, 0.29) is 0 Å². The van der Waals surface area contributed by atoms with Gasteiger partial charge in [0.05, 0.1) is 35.5 Å². The first-order valence-corrected chi connectivity index (χ1v) is 13.5. The van der Waals surface area contributed by atoms with Gasteiger partial charge in [-0.1, -0.05) is 11.6 Å². The predicted octanol–water partition coefficient (Wildman–Crippen LogP) is 4.35. The fraction of sp³-hybridized carbons (Fsp3) is 0.500. The fourth-order valence-corrected chi connectivity index (χ4v) is 5.60. The van der Waals surface area contributed by atoms with E-state index >= 15 is 0 Å². The zero-order chi connectivity index (χ0) is 25.2. The van der Waals surface area contributed by atoms with Crippen molar-refractivity contribution in [1.82, 2.24) is 45.0 Å². The number of anilines is 1. The molecule has 0 radical (unpaired) electrons. The lowest BCUT2D eigenvalue weighted by Crippen LogP contribution is -2.40. The first kappa shape index (κ1) is 24.1. The molecule has 4 aromatic rings. The second kappa shape index (κ2) is 10.6. The van der Waals surface area contributed by atoms with Gasteiger partial charge in [0.25, 0.3) is 0 Å². The summed E-state index contributed by atoms with van der Waals surface area (Å²) >= 11 is 6.57. The maximum absolute atomic E-state index is 6.57. The number of aromatic amines is 2. The molecule has 2 fully saturated rings. The normalized spacial score (nSPS) is 20.0. The van der Waals surface area contributed by atoms with E-state index in [1.54, 1.807) is 6.20 Å². The van der Waals surface area contributed by atoms with Crippen LogP contribution in [-0.2, 0) is 26.6 Å². The van der Waals surface area contributed by atoms with Crippen molar-refractivity contribution in [2.75, 3.05) is 5.32 Å². The quantitative estimate of drug-likeness (QED) is 0.284. The van der Waals surface area contributed by atoms with Crippen LogP contribution in [0.1, 0.15) is 55.3 Å². The summed E-state index contributed by atoms with van der Waals surface area (Å²) in [5, 5.41) is 22.8. The summed E-state index contributed by atoms with van der Waals surface area (Å²) in [7, 11) is 2.00. The van der Waals surface area contributed by atoms with E-state index in [0.29, 0.717) is 23.1 Å². The van der Waals surface area contributed by atoms with Crippen molar-refractivity contribution in [2.24, 2.45) is 13.0 Å². The largest absolute Gasteiger partial charge is 0.351 e. The molecule has 6 rings (SSSR count). The number of aromatic nitrogens is 8. The highest BCUT2D eigenvalue weighted by molar-refractivity contribution is 6.32. The van der Waals surface area contributed by atoms with Crippen LogP contribution in [0.15, 0.2) is 37.2 Å². The van der Waals surface area contributed by atoms with Crippen LogP contribution < -0.4 is 5.32 Å². The van der Waals surface area contributed by atoms with Gasteiger partial charge in [-0.2, -0.15) is 15.3 Å². The van der Waals surface area contributed by atoms with Crippen molar-refractivity contribution in [3.63, 3.8) is 0 Å². The summed E-state index contributed by atoms with van der Waals surface area (Å²) in [6, 6.07) is 0.819. The number of H-pyrrole nitrogens is 2. The molecule has 3 N–H and O–H groups in total. The molecule has 0 spiro atoms. The zero-order valence-electron chi connectivity index (χ0n) is 21.1. The molecule has 194 valence electrons. The molecule has 0 atom stereocenters. The van der Waals surface area contributed by atoms with Gasteiger partial charge in [0.15, 0.2) is 0 Å². The van der Waals surface area contributed by atoms with Crippen molar-refractivity contribution in [3.05, 3.63) is 59.0 Å². The van der Waals surface area contributed by atoms with E-state index in [9.17, 15) is 0 Å². The number of nitrogens with zero attached hydrogens (tertiary/aromatic N) is 7. The first-order chi connectivity index (χ1) is 18.1. The number of hydrogen-bond donors (Lipinski definition) is 3. The van der Waals surface area contributed by atoms with E-state index in [2.05, 4.69) is 40.7 Å². The van der Waals surface area contributed by atoms with Gasteiger partial charge in [0.2, 0.25) is 5.95 Å². The molecule has 2 saturated carbocycles. The van der Waals surface area contributed by atoms with Crippen LogP contribution in [0.2, 0.25) is 5.02 Å². The van der Waals surface area contributed by atoms with Gasteiger partial charge in [-0.25, -0.2) is 9.97 Å². The van der Waals surface area contributed by atoms with E-state index in [1.165, 1.54) is 29.7 Å². The molecule has 37 heavy (non-hydrogen) atoms. The van der Waals surface area contributed by atoms with Crippen molar-refractivity contribution < 1.29 is 0 Å². The summed E-state index contributed by atoms with van der Waals surface area (Å²) in [4.78, 5) is 11.9. The van der Waals surface area contributed by atoms with Gasteiger partial charge < -0.3 is 5.32 Å². The van der Waals surface area contributed by atoms with Gasteiger partial charge >= 0.3 is 0 Å². The molecule has 0 aliphatic heterocycles. The molecular weight excluding hydrogens is 488 g/mol.